The third-order valence-corrected chi connectivity index (χ3v) is 5.32. The molecular weight excluding hydrogens is 408 g/mol. The highest BCUT2D eigenvalue weighted by Crippen LogP contribution is 2.40. The van der Waals surface area contributed by atoms with Crippen molar-refractivity contribution >= 4 is 0 Å². The summed E-state index contributed by atoms with van der Waals surface area (Å²) >= 11 is 0. The molecule has 176 valence electrons. The first-order chi connectivity index (χ1) is 13.8. The molecule has 30 heavy (non-hydrogen) atoms. The van der Waals surface area contributed by atoms with Gasteiger partial charge in [-0.2, -0.15) is 0 Å². The van der Waals surface area contributed by atoms with Gasteiger partial charge >= 0.3 is 0 Å². The van der Waals surface area contributed by atoms with E-state index in [4.69, 9.17) is 49.2 Å². The van der Waals surface area contributed by atoms with Crippen LogP contribution in [0.15, 0.2) is 0 Å². The maximum atomic E-state index is 10.3. The Hall–Kier alpha value is -0.480. The molecule has 0 aromatic heterocycles. The van der Waals surface area contributed by atoms with Crippen LogP contribution in [-0.2, 0) is 28.4 Å². The number of aliphatic hydroxyl groups is 6. The van der Waals surface area contributed by atoms with E-state index >= 15 is 0 Å². The quantitative estimate of drug-likeness (QED) is 0.260. The van der Waals surface area contributed by atoms with Crippen LogP contribution in [0, 0.1) is 0 Å². The Morgan fingerprint density at radius 3 is 1.93 bits per heavy atom. The van der Waals surface area contributed by atoms with Gasteiger partial charge in [-0.3, -0.25) is 0 Å². The van der Waals surface area contributed by atoms with Crippen LogP contribution in [0.3, 0.4) is 0 Å². The molecule has 10 atom stereocenters. The first kappa shape index (κ1) is 24.2. The molecule has 0 spiro atoms. The van der Waals surface area contributed by atoms with E-state index in [1.807, 2.05) is 13.8 Å². The number of ether oxygens (including phenoxy) is 6. The van der Waals surface area contributed by atoms with Crippen LogP contribution in [0.5, 0.6) is 0 Å². The summed E-state index contributed by atoms with van der Waals surface area (Å²) in [5.41, 5.74) is 0. The van der Waals surface area contributed by atoms with Crippen molar-refractivity contribution in [1.29, 1.82) is 0 Å². The van der Waals surface area contributed by atoms with Gasteiger partial charge in [0, 0.05) is 0 Å². The Morgan fingerprint density at radius 2 is 1.40 bits per heavy atom. The third-order valence-electron chi connectivity index (χ3n) is 5.32. The first-order valence-corrected chi connectivity index (χ1v) is 9.85. The average molecular weight is 440 g/mol. The fourth-order valence-electron chi connectivity index (χ4n) is 3.78. The van der Waals surface area contributed by atoms with Crippen molar-refractivity contribution in [2.75, 3.05) is 13.2 Å². The van der Waals surface area contributed by atoms with Crippen LogP contribution >= 0.6 is 0 Å². The Balaban J connectivity index is 0.000000187. The standard InChI is InChI=1S/C12H20O6.C6H12O6/c1-11(2)14-5-6(16-11)8-7(13)9-10(15-8)18-12(3,4)17-9;7-1-2-3(8)4(9)5(10)6(11)12-2/h6-10,13H,5H2,1-4H3;2-11H,1H2. The van der Waals surface area contributed by atoms with Gasteiger partial charge in [0.15, 0.2) is 24.2 Å². The maximum Gasteiger partial charge on any atom is 0.190 e. The minimum atomic E-state index is -1.57. The normalized spacial score (nSPS) is 49.4. The van der Waals surface area contributed by atoms with E-state index in [1.54, 1.807) is 13.8 Å². The van der Waals surface area contributed by atoms with E-state index in [0.717, 1.165) is 0 Å². The highest BCUT2D eigenvalue weighted by Gasteiger charge is 2.57. The Morgan fingerprint density at radius 1 is 0.733 bits per heavy atom. The summed E-state index contributed by atoms with van der Waals surface area (Å²) < 4.78 is 32.7. The number of aliphatic hydroxyl groups excluding tert-OH is 6. The number of fused-ring (bicyclic) bond motifs is 1. The molecular formula is C18H32O12. The van der Waals surface area contributed by atoms with Crippen molar-refractivity contribution in [2.45, 2.75) is 101 Å². The lowest BCUT2D eigenvalue weighted by Gasteiger charge is -2.37. The summed E-state index contributed by atoms with van der Waals surface area (Å²) in [5.74, 6) is -1.35. The van der Waals surface area contributed by atoms with Crippen LogP contribution in [0.2, 0.25) is 0 Å². The molecule has 0 bridgehead atoms. The summed E-state index contributed by atoms with van der Waals surface area (Å²) in [6, 6.07) is 0. The topological polar surface area (TPSA) is 177 Å². The van der Waals surface area contributed by atoms with E-state index in [0.29, 0.717) is 6.61 Å². The molecule has 4 rings (SSSR count). The van der Waals surface area contributed by atoms with Gasteiger partial charge in [-0.1, -0.05) is 0 Å². The first-order valence-electron chi connectivity index (χ1n) is 9.85. The molecule has 4 heterocycles. The number of hydrogen-bond acceptors (Lipinski definition) is 12. The summed E-state index contributed by atoms with van der Waals surface area (Å²) in [4.78, 5) is 0. The average Bonchev–Trinajstić information content (AvgIpc) is 3.27. The molecule has 4 fully saturated rings. The van der Waals surface area contributed by atoms with Gasteiger partial charge in [-0.05, 0) is 27.7 Å². The molecule has 4 aliphatic heterocycles. The van der Waals surface area contributed by atoms with Gasteiger partial charge in [-0.15, -0.1) is 0 Å². The minimum Gasteiger partial charge on any atom is -0.394 e. The van der Waals surface area contributed by atoms with Gasteiger partial charge < -0.3 is 59.1 Å². The summed E-state index contributed by atoms with van der Waals surface area (Å²) in [7, 11) is 0. The zero-order valence-corrected chi connectivity index (χ0v) is 17.3. The van der Waals surface area contributed by atoms with Gasteiger partial charge in [0.25, 0.3) is 0 Å². The van der Waals surface area contributed by atoms with Crippen LogP contribution in [0.4, 0.5) is 0 Å². The molecule has 0 aliphatic carbocycles. The van der Waals surface area contributed by atoms with Gasteiger partial charge in [0.05, 0.1) is 13.2 Å². The lowest BCUT2D eigenvalue weighted by Crippen LogP contribution is -2.58. The Kier molecular flexibility index (Phi) is 7.10. The fraction of sp³-hybridized carbons (Fsp3) is 1.00. The highest BCUT2D eigenvalue weighted by atomic mass is 16.8. The van der Waals surface area contributed by atoms with Crippen molar-refractivity contribution in [3.8, 4) is 0 Å². The minimum absolute atomic E-state index is 0.295. The van der Waals surface area contributed by atoms with E-state index in [1.165, 1.54) is 0 Å². The number of rotatable bonds is 2. The molecule has 0 saturated carbocycles. The van der Waals surface area contributed by atoms with Gasteiger partial charge in [0.1, 0.15) is 48.8 Å². The highest BCUT2D eigenvalue weighted by molar-refractivity contribution is 4.97. The van der Waals surface area contributed by atoms with Crippen molar-refractivity contribution in [3.63, 3.8) is 0 Å². The molecule has 10 unspecified atom stereocenters. The fourth-order valence-corrected chi connectivity index (χ4v) is 3.78. The molecule has 4 saturated heterocycles. The van der Waals surface area contributed by atoms with Gasteiger partial charge in [-0.25, -0.2) is 0 Å². The summed E-state index contributed by atoms with van der Waals surface area (Å²) in [5, 5.41) is 54.9. The SMILES string of the molecule is CC1(C)OCC(C2OC3OC(C)(C)OC3C2O)O1.OCC1OC(O)C(O)C(O)C1O. The zero-order chi connectivity index (χ0) is 22.4. The molecule has 0 aromatic rings. The number of hydrogen-bond donors (Lipinski definition) is 6. The second-order valence-corrected chi connectivity index (χ2v) is 8.65. The van der Waals surface area contributed by atoms with Crippen LogP contribution in [0.25, 0.3) is 0 Å². The third kappa shape index (κ3) is 4.95. The summed E-state index contributed by atoms with van der Waals surface area (Å²) in [6.07, 6.45) is -9.57. The monoisotopic (exact) mass is 440 g/mol. The zero-order valence-electron chi connectivity index (χ0n) is 17.3. The van der Waals surface area contributed by atoms with Crippen molar-refractivity contribution in [1.82, 2.24) is 0 Å². The predicted molar refractivity (Wildman–Crippen MR) is 95.6 cm³/mol. The second-order valence-electron chi connectivity index (χ2n) is 8.65. The lowest BCUT2D eigenvalue weighted by atomic mass is 10.00. The molecule has 0 radical (unpaired) electrons. The van der Waals surface area contributed by atoms with E-state index in [9.17, 15) is 5.11 Å². The lowest BCUT2D eigenvalue weighted by molar-refractivity contribution is -0.286. The van der Waals surface area contributed by atoms with Gasteiger partial charge in [0.2, 0.25) is 0 Å². The summed E-state index contributed by atoms with van der Waals surface area (Å²) in [6.45, 7) is 7.15. The molecule has 12 heteroatoms. The van der Waals surface area contributed by atoms with Crippen molar-refractivity contribution in [2.24, 2.45) is 0 Å². The molecule has 0 aromatic carbocycles. The van der Waals surface area contributed by atoms with Crippen molar-refractivity contribution in [3.05, 3.63) is 0 Å². The molecule has 6 N–H and O–H groups in total. The molecule has 0 amide bonds. The van der Waals surface area contributed by atoms with Crippen LogP contribution < -0.4 is 0 Å². The Labute approximate surface area is 173 Å². The predicted octanol–water partition coefficient (Wildman–Crippen LogP) is -2.85. The largest absolute Gasteiger partial charge is 0.394 e. The Bertz CT molecular complexity index is 581. The molecule has 4 aliphatic rings. The van der Waals surface area contributed by atoms with E-state index in [2.05, 4.69) is 4.74 Å². The van der Waals surface area contributed by atoms with E-state index in [-0.39, 0.29) is 6.10 Å². The second kappa shape index (κ2) is 8.81. The molecule has 12 nitrogen and oxygen atoms in total. The van der Waals surface area contributed by atoms with E-state index < -0.39 is 73.5 Å². The van der Waals surface area contributed by atoms with Crippen LogP contribution in [0.1, 0.15) is 27.7 Å². The smallest absolute Gasteiger partial charge is 0.190 e. The van der Waals surface area contributed by atoms with Crippen molar-refractivity contribution < 1.29 is 59.1 Å². The van der Waals surface area contributed by atoms with Crippen LogP contribution in [-0.4, -0.2) is 117 Å². The maximum absolute atomic E-state index is 10.3.